The van der Waals surface area contributed by atoms with Gasteiger partial charge >= 0.3 is 12.2 Å². The molecule has 0 aliphatic carbocycles. The molecule has 0 saturated carbocycles. The minimum atomic E-state index is -4.30. The molecule has 0 spiro atoms. The molecule has 1 aliphatic rings. The third-order valence-electron chi connectivity index (χ3n) is 3.06. The molecule has 0 atom stereocenters. The molecule has 0 aromatic heterocycles. The van der Waals surface area contributed by atoms with Crippen LogP contribution in [0.2, 0.25) is 0 Å². The minimum absolute atomic E-state index is 0.0608. The lowest BCUT2D eigenvalue weighted by molar-refractivity contribution is -0.396. The largest absolute Gasteiger partial charge is 0.388 e. The summed E-state index contributed by atoms with van der Waals surface area (Å²) in [4.78, 5) is 9.86. The zero-order valence-corrected chi connectivity index (χ0v) is 9.57. The number of hydrogen-bond donors (Lipinski definition) is 0. The molecular formula is C12H5F4NO3. The Morgan fingerprint density at radius 2 is 1.70 bits per heavy atom. The van der Waals surface area contributed by atoms with Crippen molar-refractivity contribution in [2.45, 2.75) is 12.2 Å². The van der Waals surface area contributed by atoms with Crippen molar-refractivity contribution in [1.29, 1.82) is 0 Å². The molecule has 0 amide bonds. The zero-order chi connectivity index (χ0) is 14.7. The van der Waals surface area contributed by atoms with E-state index < -0.39 is 39.3 Å². The third kappa shape index (κ3) is 1.64. The molecule has 2 aromatic rings. The number of alkyl halides is 4. The normalized spacial score (nSPS) is 19.0. The number of benzene rings is 2. The molecule has 0 saturated heterocycles. The molecule has 0 radical (unpaired) electrons. The average Bonchev–Trinajstić information content (AvgIpc) is 2.33. The molecule has 104 valence electrons. The van der Waals surface area contributed by atoms with Gasteiger partial charge in [0.25, 0.3) is 5.69 Å². The molecule has 1 aliphatic heterocycles. The lowest BCUT2D eigenvalue weighted by Crippen LogP contribution is -2.34. The van der Waals surface area contributed by atoms with Gasteiger partial charge in [-0.25, -0.2) is 4.74 Å². The second kappa shape index (κ2) is 3.66. The number of ether oxygens (including phenoxy) is 1. The van der Waals surface area contributed by atoms with Gasteiger partial charge in [0.1, 0.15) is 0 Å². The van der Waals surface area contributed by atoms with Crippen LogP contribution < -0.4 is 0 Å². The number of nitro benzene ring substituents is 1. The van der Waals surface area contributed by atoms with Crippen molar-refractivity contribution < 1.29 is 27.2 Å². The predicted octanol–water partition coefficient (Wildman–Crippen LogP) is 3.88. The van der Waals surface area contributed by atoms with Crippen LogP contribution in [0.15, 0.2) is 30.3 Å². The maximum absolute atomic E-state index is 13.7. The number of hydrogen-bond acceptors (Lipinski definition) is 3. The molecule has 4 nitrogen and oxygen atoms in total. The van der Waals surface area contributed by atoms with Gasteiger partial charge in [-0.1, -0.05) is 12.1 Å². The first-order chi connectivity index (χ1) is 9.22. The highest BCUT2D eigenvalue weighted by atomic mass is 19.3. The minimum Gasteiger partial charge on any atom is -0.258 e. The van der Waals surface area contributed by atoms with Crippen LogP contribution in [-0.4, -0.2) is 4.92 Å². The van der Waals surface area contributed by atoms with Crippen LogP contribution in [0, 0.1) is 10.1 Å². The topological polar surface area (TPSA) is 52.4 Å². The van der Waals surface area contributed by atoms with Gasteiger partial charge in [0.05, 0.1) is 16.1 Å². The molecule has 3 rings (SSSR count). The van der Waals surface area contributed by atoms with Crippen molar-refractivity contribution in [2.75, 3.05) is 0 Å². The Hall–Kier alpha value is -2.22. The van der Waals surface area contributed by atoms with Crippen molar-refractivity contribution in [1.82, 2.24) is 0 Å². The lowest BCUT2D eigenvalue weighted by atomic mass is 9.95. The van der Waals surface area contributed by atoms with Crippen molar-refractivity contribution in [3.05, 3.63) is 51.6 Å². The van der Waals surface area contributed by atoms with Crippen LogP contribution in [0.25, 0.3) is 10.8 Å². The summed E-state index contributed by atoms with van der Waals surface area (Å²) < 4.78 is 58.0. The number of nitro groups is 1. The first kappa shape index (κ1) is 12.8. The highest BCUT2D eigenvalue weighted by Gasteiger charge is 2.53. The first-order valence-electron chi connectivity index (χ1n) is 5.40. The molecule has 2 aromatic carbocycles. The van der Waals surface area contributed by atoms with Gasteiger partial charge < -0.3 is 0 Å². The predicted molar refractivity (Wildman–Crippen MR) is 59.5 cm³/mol. The van der Waals surface area contributed by atoms with Gasteiger partial charge in [0.15, 0.2) is 0 Å². The number of halogens is 4. The van der Waals surface area contributed by atoms with E-state index in [0.29, 0.717) is 6.07 Å². The zero-order valence-electron chi connectivity index (χ0n) is 9.57. The monoisotopic (exact) mass is 287 g/mol. The molecule has 0 unspecified atom stereocenters. The van der Waals surface area contributed by atoms with Gasteiger partial charge in [0, 0.05) is 17.5 Å². The first-order valence-corrected chi connectivity index (χ1v) is 5.40. The fourth-order valence-electron chi connectivity index (χ4n) is 2.26. The highest BCUT2D eigenvalue weighted by molar-refractivity contribution is 5.92. The van der Waals surface area contributed by atoms with Gasteiger partial charge in [-0.2, -0.15) is 17.6 Å². The van der Waals surface area contributed by atoms with Crippen molar-refractivity contribution in [3.63, 3.8) is 0 Å². The molecule has 1 heterocycles. The summed E-state index contributed by atoms with van der Waals surface area (Å²) in [7, 11) is 0. The maximum atomic E-state index is 13.7. The van der Waals surface area contributed by atoms with Crippen LogP contribution in [0.3, 0.4) is 0 Å². The standard InChI is InChI=1S/C12H5F4NO3/c13-11(14)8-3-1-2-6-4-7(17(18)19)5-9(10(6)8)12(15,16)20-11/h1-5H. The molecule has 0 fully saturated rings. The Labute approximate surface area is 108 Å². The summed E-state index contributed by atoms with van der Waals surface area (Å²) in [5.41, 5.74) is -2.27. The Kier molecular flexibility index (Phi) is 2.34. The van der Waals surface area contributed by atoms with Crippen LogP contribution in [0.4, 0.5) is 23.2 Å². The van der Waals surface area contributed by atoms with E-state index in [1.54, 1.807) is 0 Å². The van der Waals surface area contributed by atoms with E-state index in [4.69, 9.17) is 0 Å². The summed E-state index contributed by atoms with van der Waals surface area (Å²) in [5.74, 6) is 0. The second-order valence-electron chi connectivity index (χ2n) is 4.29. The Bertz CT molecular complexity index is 745. The lowest BCUT2D eigenvalue weighted by Gasteiger charge is -2.31. The fraction of sp³-hybridized carbons (Fsp3) is 0.167. The molecular weight excluding hydrogens is 282 g/mol. The smallest absolute Gasteiger partial charge is 0.258 e. The Morgan fingerprint density at radius 3 is 2.35 bits per heavy atom. The van der Waals surface area contributed by atoms with E-state index in [1.165, 1.54) is 12.1 Å². The quantitative estimate of drug-likeness (QED) is 0.454. The number of rotatable bonds is 1. The number of nitrogens with zero attached hydrogens (tertiary/aromatic N) is 1. The SMILES string of the molecule is O=[N+]([O-])c1cc2c3c(cccc3c1)C(F)(F)OC2(F)F. The van der Waals surface area contributed by atoms with Gasteiger partial charge in [0.2, 0.25) is 0 Å². The van der Waals surface area contributed by atoms with E-state index in [1.807, 2.05) is 0 Å². The Morgan fingerprint density at radius 1 is 1.05 bits per heavy atom. The highest BCUT2D eigenvalue weighted by Crippen LogP contribution is 2.51. The van der Waals surface area contributed by atoms with E-state index in [0.717, 1.165) is 12.1 Å². The van der Waals surface area contributed by atoms with Crippen molar-refractivity contribution >= 4 is 16.5 Å². The summed E-state index contributed by atoms with van der Waals surface area (Å²) in [5, 5.41) is 10.2. The Balaban J connectivity index is 2.48. The van der Waals surface area contributed by atoms with Crippen molar-refractivity contribution in [3.8, 4) is 0 Å². The second-order valence-corrected chi connectivity index (χ2v) is 4.29. The van der Waals surface area contributed by atoms with E-state index in [2.05, 4.69) is 4.74 Å². The maximum Gasteiger partial charge on any atom is 0.388 e. The molecule has 20 heavy (non-hydrogen) atoms. The fourth-order valence-corrected chi connectivity index (χ4v) is 2.26. The van der Waals surface area contributed by atoms with E-state index in [-0.39, 0.29) is 5.39 Å². The van der Waals surface area contributed by atoms with Crippen LogP contribution in [0.1, 0.15) is 11.1 Å². The summed E-state index contributed by atoms with van der Waals surface area (Å²) in [6, 6.07) is 4.94. The summed E-state index contributed by atoms with van der Waals surface area (Å²) >= 11 is 0. The number of non-ortho nitro benzene ring substituents is 1. The van der Waals surface area contributed by atoms with Crippen molar-refractivity contribution in [2.24, 2.45) is 0 Å². The van der Waals surface area contributed by atoms with Crippen LogP contribution >= 0.6 is 0 Å². The van der Waals surface area contributed by atoms with Crippen LogP contribution in [-0.2, 0) is 17.0 Å². The molecule has 8 heteroatoms. The average molecular weight is 287 g/mol. The molecule has 0 N–H and O–H groups in total. The van der Waals surface area contributed by atoms with E-state index >= 15 is 0 Å². The van der Waals surface area contributed by atoms with Gasteiger partial charge in [-0.05, 0) is 11.5 Å². The van der Waals surface area contributed by atoms with Gasteiger partial charge in [-0.3, -0.25) is 10.1 Å². The summed E-state index contributed by atoms with van der Waals surface area (Å²) in [6.07, 6.45) is -8.46. The van der Waals surface area contributed by atoms with Crippen LogP contribution in [0.5, 0.6) is 0 Å². The van der Waals surface area contributed by atoms with E-state index in [9.17, 15) is 27.7 Å². The third-order valence-corrected chi connectivity index (χ3v) is 3.06. The summed E-state index contributed by atoms with van der Waals surface area (Å²) in [6.45, 7) is 0. The van der Waals surface area contributed by atoms with Gasteiger partial charge in [-0.15, -0.1) is 0 Å². The molecule has 0 bridgehead atoms.